The molecule has 0 bridgehead atoms. The number of thioether (sulfide) groups is 1. The maximum Gasteiger partial charge on any atom is 0.336 e. The summed E-state index contributed by atoms with van der Waals surface area (Å²) in [5.41, 5.74) is 2.82. The molecule has 5 nitrogen and oxygen atoms in total. The number of aromatic nitrogens is 2. The summed E-state index contributed by atoms with van der Waals surface area (Å²) in [6.07, 6.45) is 0.877. The molecule has 0 saturated heterocycles. The average Bonchev–Trinajstić information content (AvgIpc) is 2.68. The summed E-state index contributed by atoms with van der Waals surface area (Å²) < 4.78 is 6.91. The highest BCUT2D eigenvalue weighted by atomic mass is 32.2. The number of hydrogen-bond acceptors (Lipinski definition) is 5. The lowest BCUT2D eigenvalue weighted by molar-refractivity contribution is 0.559. The average molecular weight is 378 g/mol. The molecule has 0 fully saturated rings. The Morgan fingerprint density at radius 3 is 2.70 bits per heavy atom. The van der Waals surface area contributed by atoms with E-state index in [2.05, 4.69) is 11.9 Å². The summed E-state index contributed by atoms with van der Waals surface area (Å²) in [6.45, 7) is 2.06. The van der Waals surface area contributed by atoms with Crippen molar-refractivity contribution >= 4 is 33.6 Å². The number of rotatable bonds is 4. The molecule has 0 aliphatic rings. The molecule has 6 heteroatoms. The van der Waals surface area contributed by atoms with E-state index in [-0.39, 0.29) is 11.2 Å². The van der Waals surface area contributed by atoms with Gasteiger partial charge in [0.05, 0.1) is 10.9 Å². The lowest BCUT2D eigenvalue weighted by atomic mass is 10.1. The number of fused-ring (bicyclic) bond motifs is 2. The van der Waals surface area contributed by atoms with Crippen LogP contribution in [-0.2, 0) is 19.2 Å². The van der Waals surface area contributed by atoms with Crippen LogP contribution in [0.4, 0.5) is 0 Å². The summed E-state index contributed by atoms with van der Waals surface area (Å²) >= 11 is 1.43. The molecule has 136 valence electrons. The fourth-order valence-corrected chi connectivity index (χ4v) is 4.05. The van der Waals surface area contributed by atoms with Gasteiger partial charge in [-0.3, -0.25) is 9.36 Å². The van der Waals surface area contributed by atoms with Gasteiger partial charge in [-0.05, 0) is 35.7 Å². The van der Waals surface area contributed by atoms with Gasteiger partial charge in [0.2, 0.25) is 0 Å². The molecule has 4 rings (SSSR count). The molecule has 0 N–H and O–H groups in total. The largest absolute Gasteiger partial charge is 0.423 e. The van der Waals surface area contributed by atoms with Crippen LogP contribution in [0.2, 0.25) is 0 Å². The highest BCUT2D eigenvalue weighted by molar-refractivity contribution is 7.98. The zero-order chi connectivity index (χ0) is 19.0. The fourth-order valence-electron chi connectivity index (χ4n) is 3.08. The first-order valence-corrected chi connectivity index (χ1v) is 9.69. The van der Waals surface area contributed by atoms with Gasteiger partial charge in [-0.25, -0.2) is 9.78 Å². The minimum atomic E-state index is -0.369. The van der Waals surface area contributed by atoms with E-state index in [0.717, 1.165) is 22.9 Å². The van der Waals surface area contributed by atoms with Gasteiger partial charge in [-0.1, -0.05) is 43.0 Å². The summed E-state index contributed by atoms with van der Waals surface area (Å²) in [5.74, 6) is 0.520. The van der Waals surface area contributed by atoms with Crippen molar-refractivity contribution in [1.29, 1.82) is 0 Å². The second-order valence-electron chi connectivity index (χ2n) is 6.34. The molecule has 0 radical (unpaired) electrons. The van der Waals surface area contributed by atoms with Crippen LogP contribution in [0.25, 0.3) is 21.9 Å². The molecule has 2 aromatic carbocycles. The molecule has 0 amide bonds. The van der Waals surface area contributed by atoms with Crippen LogP contribution in [0.5, 0.6) is 0 Å². The van der Waals surface area contributed by atoms with E-state index in [1.807, 2.05) is 36.4 Å². The van der Waals surface area contributed by atoms with Crippen LogP contribution in [-0.4, -0.2) is 9.55 Å². The van der Waals surface area contributed by atoms with Gasteiger partial charge in [0, 0.05) is 24.3 Å². The van der Waals surface area contributed by atoms with Crippen LogP contribution in [0, 0.1) is 0 Å². The number of aryl methyl sites for hydroxylation is 1. The van der Waals surface area contributed by atoms with Gasteiger partial charge in [0.25, 0.3) is 5.56 Å². The molecule has 4 aromatic rings. The third-order valence-electron chi connectivity index (χ3n) is 4.60. The Balaban J connectivity index is 1.74. The van der Waals surface area contributed by atoms with Crippen molar-refractivity contribution < 1.29 is 4.42 Å². The summed E-state index contributed by atoms with van der Waals surface area (Å²) in [5, 5.41) is 2.12. The third-order valence-corrected chi connectivity index (χ3v) is 5.68. The van der Waals surface area contributed by atoms with Crippen molar-refractivity contribution in [1.82, 2.24) is 9.55 Å². The monoisotopic (exact) mass is 378 g/mol. The molecule has 27 heavy (non-hydrogen) atoms. The second-order valence-corrected chi connectivity index (χ2v) is 7.28. The van der Waals surface area contributed by atoms with E-state index in [4.69, 9.17) is 4.42 Å². The number of benzene rings is 2. The number of para-hydroxylation sites is 1. The lowest BCUT2D eigenvalue weighted by Gasteiger charge is -2.10. The van der Waals surface area contributed by atoms with Crippen LogP contribution in [0.3, 0.4) is 0 Å². The van der Waals surface area contributed by atoms with Gasteiger partial charge in [0.15, 0.2) is 5.16 Å². The second kappa shape index (κ2) is 7.04. The number of hydrogen-bond donors (Lipinski definition) is 0. The standard InChI is InChI=1S/C21H18N2O3S/c1-3-13-8-9-15-14(11-19(24)26-18(15)10-13)12-27-21-22-17-7-5-4-6-16(17)20(25)23(21)2/h4-11H,3,12H2,1-2H3. The molecular formula is C21H18N2O3S. The predicted octanol–water partition coefficient (Wildman–Crippen LogP) is 3.89. The lowest BCUT2D eigenvalue weighted by Crippen LogP contribution is -2.19. The summed E-state index contributed by atoms with van der Waals surface area (Å²) in [6, 6.07) is 14.8. The Bertz CT molecular complexity index is 1270. The van der Waals surface area contributed by atoms with E-state index in [1.165, 1.54) is 17.8 Å². The first-order chi connectivity index (χ1) is 13.1. The molecule has 0 spiro atoms. The Morgan fingerprint density at radius 2 is 1.89 bits per heavy atom. The van der Waals surface area contributed by atoms with E-state index in [0.29, 0.717) is 27.4 Å². The minimum absolute atomic E-state index is 0.0758. The van der Waals surface area contributed by atoms with Crippen molar-refractivity contribution in [3.05, 3.63) is 80.4 Å². The van der Waals surface area contributed by atoms with Crippen molar-refractivity contribution in [2.75, 3.05) is 0 Å². The van der Waals surface area contributed by atoms with Crippen molar-refractivity contribution in [3.8, 4) is 0 Å². The van der Waals surface area contributed by atoms with Gasteiger partial charge < -0.3 is 4.42 Å². The fraction of sp³-hybridized carbons (Fsp3) is 0.190. The first kappa shape index (κ1) is 17.5. The quantitative estimate of drug-likeness (QED) is 0.306. The van der Waals surface area contributed by atoms with Gasteiger partial charge >= 0.3 is 5.63 Å². The Morgan fingerprint density at radius 1 is 1.07 bits per heavy atom. The molecule has 0 saturated carbocycles. The topological polar surface area (TPSA) is 65.1 Å². The van der Waals surface area contributed by atoms with E-state index in [1.54, 1.807) is 17.7 Å². The normalized spacial score (nSPS) is 11.3. The van der Waals surface area contributed by atoms with Crippen LogP contribution < -0.4 is 11.2 Å². The zero-order valence-corrected chi connectivity index (χ0v) is 15.9. The first-order valence-electron chi connectivity index (χ1n) is 8.71. The maximum atomic E-state index is 12.5. The Hall–Kier alpha value is -2.86. The van der Waals surface area contributed by atoms with Gasteiger partial charge in [-0.15, -0.1) is 0 Å². The zero-order valence-electron chi connectivity index (χ0n) is 15.1. The smallest absolute Gasteiger partial charge is 0.336 e. The summed E-state index contributed by atoms with van der Waals surface area (Å²) in [7, 11) is 1.72. The predicted molar refractivity (Wildman–Crippen MR) is 108 cm³/mol. The maximum absolute atomic E-state index is 12.5. The molecule has 2 heterocycles. The van der Waals surface area contributed by atoms with Crippen molar-refractivity contribution in [2.24, 2.45) is 7.05 Å². The van der Waals surface area contributed by atoms with E-state index in [9.17, 15) is 9.59 Å². The van der Waals surface area contributed by atoms with Crippen LogP contribution in [0.15, 0.2) is 67.7 Å². The summed E-state index contributed by atoms with van der Waals surface area (Å²) in [4.78, 5) is 29.1. The van der Waals surface area contributed by atoms with Crippen molar-refractivity contribution in [2.45, 2.75) is 24.3 Å². The van der Waals surface area contributed by atoms with E-state index < -0.39 is 0 Å². The molecular weight excluding hydrogens is 360 g/mol. The highest BCUT2D eigenvalue weighted by Crippen LogP contribution is 2.26. The Kier molecular flexibility index (Phi) is 4.58. The van der Waals surface area contributed by atoms with Gasteiger partial charge in [0.1, 0.15) is 5.58 Å². The molecule has 2 aromatic heterocycles. The minimum Gasteiger partial charge on any atom is -0.423 e. The number of nitrogens with zero attached hydrogens (tertiary/aromatic N) is 2. The Labute approximate surface area is 159 Å². The van der Waals surface area contributed by atoms with Crippen LogP contribution >= 0.6 is 11.8 Å². The molecule has 0 atom stereocenters. The highest BCUT2D eigenvalue weighted by Gasteiger charge is 2.11. The SMILES string of the molecule is CCc1ccc2c(CSc3nc4ccccc4c(=O)n3C)cc(=O)oc2c1. The van der Waals surface area contributed by atoms with Crippen molar-refractivity contribution in [3.63, 3.8) is 0 Å². The molecule has 0 aliphatic carbocycles. The molecule has 0 aliphatic heterocycles. The third kappa shape index (κ3) is 3.28. The molecule has 0 unspecified atom stereocenters. The van der Waals surface area contributed by atoms with Crippen LogP contribution in [0.1, 0.15) is 18.1 Å². The van der Waals surface area contributed by atoms with E-state index >= 15 is 0 Å². The van der Waals surface area contributed by atoms with Gasteiger partial charge in [-0.2, -0.15) is 0 Å².